The summed E-state index contributed by atoms with van der Waals surface area (Å²) in [6.07, 6.45) is 0. The quantitative estimate of drug-likeness (QED) is 0.596. The van der Waals surface area contributed by atoms with Crippen molar-refractivity contribution in [2.75, 3.05) is 19.0 Å². The number of aryl methyl sites for hydroxylation is 1. The highest BCUT2D eigenvalue weighted by Crippen LogP contribution is 2.19. The molecule has 3 rings (SSSR count). The number of ether oxygens (including phenoxy) is 2. The first-order chi connectivity index (χ1) is 14.5. The van der Waals surface area contributed by atoms with E-state index in [2.05, 4.69) is 10.6 Å². The van der Waals surface area contributed by atoms with Crippen LogP contribution in [0.3, 0.4) is 0 Å². The molecular weight excluding hydrogens is 380 g/mol. The Labute approximate surface area is 175 Å². The van der Waals surface area contributed by atoms with E-state index in [4.69, 9.17) is 9.47 Å². The Kier molecular flexibility index (Phi) is 7.05. The molecule has 30 heavy (non-hydrogen) atoms. The molecule has 0 heterocycles. The molecule has 6 nitrogen and oxygen atoms in total. The number of benzene rings is 3. The summed E-state index contributed by atoms with van der Waals surface area (Å²) in [6.45, 7) is 2.19. The minimum absolute atomic E-state index is 0.124. The molecule has 0 aliphatic heterocycles. The monoisotopic (exact) mass is 404 g/mol. The third-order valence-electron chi connectivity index (χ3n) is 4.43. The molecule has 0 atom stereocenters. The lowest BCUT2D eigenvalue weighted by molar-refractivity contribution is -0.118. The molecule has 3 aromatic rings. The largest absolute Gasteiger partial charge is 0.489 e. The lowest BCUT2D eigenvalue weighted by atomic mass is 10.1. The predicted molar refractivity (Wildman–Crippen MR) is 116 cm³/mol. The fourth-order valence-corrected chi connectivity index (χ4v) is 2.80. The highest BCUT2D eigenvalue weighted by atomic mass is 16.5. The Morgan fingerprint density at radius 1 is 0.867 bits per heavy atom. The molecule has 0 saturated carbocycles. The van der Waals surface area contributed by atoms with Crippen LogP contribution >= 0.6 is 0 Å². The van der Waals surface area contributed by atoms with Gasteiger partial charge in [-0.05, 0) is 60.5 Å². The van der Waals surface area contributed by atoms with Gasteiger partial charge in [0.2, 0.25) is 0 Å². The summed E-state index contributed by atoms with van der Waals surface area (Å²) in [5.74, 6) is 0.845. The molecule has 2 amide bonds. The number of carbonyl (C=O) groups is 2. The van der Waals surface area contributed by atoms with Gasteiger partial charge in [0, 0.05) is 18.3 Å². The van der Waals surface area contributed by atoms with Crippen LogP contribution < -0.4 is 20.1 Å². The average molecular weight is 404 g/mol. The van der Waals surface area contributed by atoms with E-state index >= 15 is 0 Å². The van der Waals surface area contributed by atoms with Gasteiger partial charge in [-0.15, -0.1) is 0 Å². The number of amides is 2. The standard InChI is InChI=1S/C24H24N2O4/c1-17-14-19(24(28)25-2)8-13-22(17)26-23(27)16-30-21-11-9-20(10-12-21)29-15-18-6-4-3-5-7-18/h3-14H,15-16H2,1-2H3,(H,25,28)(H,26,27). The Morgan fingerprint density at radius 3 is 2.17 bits per heavy atom. The van der Waals surface area contributed by atoms with E-state index < -0.39 is 0 Å². The van der Waals surface area contributed by atoms with Crippen LogP contribution in [0, 0.1) is 6.92 Å². The maximum absolute atomic E-state index is 12.2. The highest BCUT2D eigenvalue weighted by molar-refractivity contribution is 5.96. The molecule has 0 spiro atoms. The van der Waals surface area contributed by atoms with Gasteiger partial charge < -0.3 is 20.1 Å². The summed E-state index contributed by atoms with van der Waals surface area (Å²) in [7, 11) is 1.58. The smallest absolute Gasteiger partial charge is 0.262 e. The van der Waals surface area contributed by atoms with Crippen molar-refractivity contribution in [3.63, 3.8) is 0 Å². The Hall–Kier alpha value is -3.80. The number of hydrogen-bond acceptors (Lipinski definition) is 4. The molecule has 0 saturated heterocycles. The lowest BCUT2D eigenvalue weighted by Crippen LogP contribution is -2.21. The SMILES string of the molecule is CNC(=O)c1ccc(NC(=O)COc2ccc(OCc3ccccc3)cc2)c(C)c1. The number of hydrogen-bond donors (Lipinski definition) is 2. The van der Waals surface area contributed by atoms with Gasteiger partial charge in [-0.3, -0.25) is 9.59 Å². The fraction of sp³-hybridized carbons (Fsp3) is 0.167. The molecule has 0 aromatic heterocycles. The van der Waals surface area contributed by atoms with Gasteiger partial charge in [-0.2, -0.15) is 0 Å². The van der Waals surface area contributed by atoms with Crippen LogP contribution in [0.1, 0.15) is 21.5 Å². The average Bonchev–Trinajstić information content (AvgIpc) is 2.78. The summed E-state index contributed by atoms with van der Waals surface area (Å²) in [4.78, 5) is 23.9. The summed E-state index contributed by atoms with van der Waals surface area (Å²) in [6, 6.07) is 22.1. The summed E-state index contributed by atoms with van der Waals surface area (Å²) < 4.78 is 11.3. The zero-order chi connectivity index (χ0) is 21.3. The van der Waals surface area contributed by atoms with Crippen molar-refractivity contribution < 1.29 is 19.1 Å². The number of rotatable bonds is 8. The van der Waals surface area contributed by atoms with Crippen LogP contribution in [-0.4, -0.2) is 25.5 Å². The fourth-order valence-electron chi connectivity index (χ4n) is 2.80. The highest BCUT2D eigenvalue weighted by Gasteiger charge is 2.09. The van der Waals surface area contributed by atoms with Crippen molar-refractivity contribution in [2.45, 2.75) is 13.5 Å². The zero-order valence-electron chi connectivity index (χ0n) is 17.0. The molecule has 0 aliphatic carbocycles. The number of carbonyl (C=O) groups excluding carboxylic acids is 2. The van der Waals surface area contributed by atoms with Crippen LogP contribution in [0.25, 0.3) is 0 Å². The molecule has 0 fully saturated rings. The van der Waals surface area contributed by atoms with E-state index in [0.717, 1.165) is 16.9 Å². The lowest BCUT2D eigenvalue weighted by Gasteiger charge is -2.11. The van der Waals surface area contributed by atoms with Crippen LogP contribution in [0.4, 0.5) is 5.69 Å². The summed E-state index contributed by atoms with van der Waals surface area (Å²) in [5.41, 5.74) is 3.07. The minimum Gasteiger partial charge on any atom is -0.489 e. The molecule has 154 valence electrons. The van der Waals surface area contributed by atoms with Gasteiger partial charge in [-0.1, -0.05) is 30.3 Å². The van der Waals surface area contributed by atoms with Crippen LogP contribution in [-0.2, 0) is 11.4 Å². The van der Waals surface area contributed by atoms with Gasteiger partial charge in [0.25, 0.3) is 11.8 Å². The molecule has 6 heteroatoms. The maximum Gasteiger partial charge on any atom is 0.262 e. The van der Waals surface area contributed by atoms with E-state index in [1.165, 1.54) is 0 Å². The first-order valence-corrected chi connectivity index (χ1v) is 9.57. The van der Waals surface area contributed by atoms with Crippen molar-refractivity contribution in [3.05, 3.63) is 89.5 Å². The first kappa shape index (κ1) is 20.9. The third kappa shape index (κ3) is 5.85. The zero-order valence-corrected chi connectivity index (χ0v) is 17.0. The molecule has 3 aromatic carbocycles. The van der Waals surface area contributed by atoms with Crippen LogP contribution in [0.2, 0.25) is 0 Å². The van der Waals surface area contributed by atoms with Crippen LogP contribution in [0.15, 0.2) is 72.8 Å². The second kappa shape index (κ2) is 10.1. The number of nitrogens with one attached hydrogen (secondary N) is 2. The van der Waals surface area contributed by atoms with E-state index in [0.29, 0.717) is 23.6 Å². The van der Waals surface area contributed by atoms with Gasteiger partial charge in [0.1, 0.15) is 18.1 Å². The van der Waals surface area contributed by atoms with Gasteiger partial charge >= 0.3 is 0 Å². The van der Waals surface area contributed by atoms with Crippen molar-refractivity contribution >= 4 is 17.5 Å². The summed E-state index contributed by atoms with van der Waals surface area (Å²) >= 11 is 0. The van der Waals surface area contributed by atoms with Gasteiger partial charge in [-0.25, -0.2) is 0 Å². The Balaban J connectivity index is 1.48. The van der Waals surface area contributed by atoms with Crippen molar-refractivity contribution in [1.82, 2.24) is 5.32 Å². The topological polar surface area (TPSA) is 76.7 Å². The molecule has 0 unspecified atom stereocenters. The van der Waals surface area contributed by atoms with Crippen molar-refractivity contribution in [1.29, 1.82) is 0 Å². The summed E-state index contributed by atoms with van der Waals surface area (Å²) in [5, 5.41) is 5.37. The van der Waals surface area contributed by atoms with E-state index in [9.17, 15) is 9.59 Å². The first-order valence-electron chi connectivity index (χ1n) is 9.57. The third-order valence-corrected chi connectivity index (χ3v) is 4.43. The predicted octanol–water partition coefficient (Wildman–Crippen LogP) is 3.95. The van der Waals surface area contributed by atoms with Crippen molar-refractivity contribution in [3.8, 4) is 11.5 Å². The van der Waals surface area contributed by atoms with Gasteiger partial charge in [0.05, 0.1) is 0 Å². The van der Waals surface area contributed by atoms with E-state index in [1.807, 2.05) is 37.3 Å². The van der Waals surface area contributed by atoms with E-state index in [-0.39, 0.29) is 18.4 Å². The Bertz CT molecular complexity index is 1000. The second-order valence-electron chi connectivity index (χ2n) is 6.69. The molecule has 2 N–H and O–H groups in total. The van der Waals surface area contributed by atoms with Gasteiger partial charge in [0.15, 0.2) is 6.61 Å². The molecule has 0 bridgehead atoms. The maximum atomic E-state index is 12.2. The molecule has 0 radical (unpaired) electrons. The van der Waals surface area contributed by atoms with E-state index in [1.54, 1.807) is 49.5 Å². The molecular formula is C24H24N2O4. The Morgan fingerprint density at radius 2 is 1.53 bits per heavy atom. The number of anilines is 1. The van der Waals surface area contributed by atoms with Crippen LogP contribution in [0.5, 0.6) is 11.5 Å². The molecule has 0 aliphatic rings. The minimum atomic E-state index is -0.282. The second-order valence-corrected chi connectivity index (χ2v) is 6.69. The normalized spacial score (nSPS) is 10.2. The van der Waals surface area contributed by atoms with Crippen molar-refractivity contribution in [2.24, 2.45) is 0 Å².